The van der Waals surface area contributed by atoms with Gasteiger partial charge < -0.3 is 15.5 Å². The molecule has 0 bridgehead atoms. The van der Waals surface area contributed by atoms with Crippen LogP contribution in [0.15, 0.2) is 23.3 Å². The van der Waals surface area contributed by atoms with Crippen molar-refractivity contribution in [3.63, 3.8) is 0 Å². The van der Waals surface area contributed by atoms with E-state index in [-0.39, 0.29) is 0 Å². The molecule has 1 aliphatic heterocycles. The molecule has 5 nitrogen and oxygen atoms in total. The van der Waals surface area contributed by atoms with E-state index in [1.165, 1.54) is 12.8 Å². The van der Waals surface area contributed by atoms with Crippen molar-refractivity contribution >= 4 is 11.8 Å². The zero-order chi connectivity index (χ0) is 15.8. The van der Waals surface area contributed by atoms with E-state index in [4.69, 9.17) is 0 Å². The van der Waals surface area contributed by atoms with Gasteiger partial charge in [-0.3, -0.25) is 0 Å². The van der Waals surface area contributed by atoms with Crippen molar-refractivity contribution in [1.82, 2.24) is 15.6 Å². The van der Waals surface area contributed by atoms with Gasteiger partial charge in [-0.25, -0.2) is 9.98 Å². The fourth-order valence-corrected chi connectivity index (χ4v) is 2.47. The molecule has 1 fully saturated rings. The molecule has 1 aromatic rings. The molecule has 0 aliphatic carbocycles. The normalized spacial score (nSPS) is 16.7. The first-order chi connectivity index (χ1) is 10.7. The van der Waals surface area contributed by atoms with Crippen LogP contribution in [0.5, 0.6) is 0 Å². The van der Waals surface area contributed by atoms with E-state index in [1.807, 2.05) is 6.20 Å². The van der Waals surface area contributed by atoms with Crippen LogP contribution < -0.4 is 15.5 Å². The number of hydrogen-bond acceptors (Lipinski definition) is 3. The average Bonchev–Trinajstić information content (AvgIpc) is 3.07. The maximum absolute atomic E-state index is 4.64. The van der Waals surface area contributed by atoms with Gasteiger partial charge in [0.05, 0.1) is 6.54 Å². The quantitative estimate of drug-likeness (QED) is 0.626. The summed E-state index contributed by atoms with van der Waals surface area (Å²) < 4.78 is 0. The van der Waals surface area contributed by atoms with Gasteiger partial charge in [0.1, 0.15) is 5.82 Å². The van der Waals surface area contributed by atoms with Crippen LogP contribution in [-0.4, -0.2) is 36.6 Å². The number of nitrogens with one attached hydrogen (secondary N) is 2. The Hall–Kier alpha value is -1.78. The van der Waals surface area contributed by atoms with E-state index < -0.39 is 0 Å². The van der Waals surface area contributed by atoms with E-state index in [9.17, 15) is 0 Å². The Morgan fingerprint density at radius 1 is 1.32 bits per heavy atom. The van der Waals surface area contributed by atoms with Crippen LogP contribution >= 0.6 is 0 Å². The average molecular weight is 303 g/mol. The Balaban J connectivity index is 1.94. The minimum Gasteiger partial charge on any atom is -0.357 e. The fraction of sp³-hybridized carbons (Fsp3) is 0.647. The molecule has 1 aromatic heterocycles. The van der Waals surface area contributed by atoms with E-state index in [2.05, 4.69) is 58.4 Å². The largest absolute Gasteiger partial charge is 0.357 e. The predicted octanol–water partition coefficient (Wildman–Crippen LogP) is 2.54. The molecular formula is C17H29N5. The summed E-state index contributed by atoms with van der Waals surface area (Å²) in [6, 6.07) is 4.68. The molecule has 0 radical (unpaired) electrons. The lowest BCUT2D eigenvalue weighted by atomic mass is 10.2. The number of guanidine groups is 1. The smallest absolute Gasteiger partial charge is 0.191 e. The first-order valence-electron chi connectivity index (χ1n) is 8.47. The van der Waals surface area contributed by atoms with Crippen LogP contribution in [0.4, 0.5) is 5.82 Å². The van der Waals surface area contributed by atoms with E-state index in [0.717, 1.165) is 43.4 Å². The van der Waals surface area contributed by atoms with Gasteiger partial charge in [-0.2, -0.15) is 0 Å². The third kappa shape index (κ3) is 4.90. The number of pyridine rings is 1. The minimum atomic E-state index is 0.425. The number of rotatable bonds is 6. The Kier molecular flexibility index (Phi) is 6.49. The van der Waals surface area contributed by atoms with Crippen molar-refractivity contribution in [3.8, 4) is 0 Å². The van der Waals surface area contributed by atoms with Gasteiger partial charge in [0.25, 0.3) is 0 Å². The van der Waals surface area contributed by atoms with E-state index in [1.54, 1.807) is 0 Å². The van der Waals surface area contributed by atoms with Crippen molar-refractivity contribution in [2.24, 2.45) is 4.99 Å². The third-order valence-corrected chi connectivity index (χ3v) is 4.00. The molecular weight excluding hydrogens is 274 g/mol. The van der Waals surface area contributed by atoms with Gasteiger partial charge in [0, 0.05) is 31.9 Å². The van der Waals surface area contributed by atoms with E-state index in [0.29, 0.717) is 12.6 Å². The molecule has 0 spiro atoms. The second-order valence-electron chi connectivity index (χ2n) is 5.87. The minimum absolute atomic E-state index is 0.425. The summed E-state index contributed by atoms with van der Waals surface area (Å²) in [5, 5.41) is 6.69. The molecule has 2 heterocycles. The topological polar surface area (TPSA) is 52.6 Å². The number of anilines is 1. The highest BCUT2D eigenvalue weighted by Gasteiger charge is 2.12. The monoisotopic (exact) mass is 303 g/mol. The first-order valence-corrected chi connectivity index (χ1v) is 8.47. The lowest BCUT2D eigenvalue weighted by Gasteiger charge is -2.17. The second-order valence-corrected chi connectivity index (χ2v) is 5.87. The lowest BCUT2D eigenvalue weighted by molar-refractivity contribution is 0.624. The second kappa shape index (κ2) is 8.61. The molecule has 0 aromatic carbocycles. The van der Waals surface area contributed by atoms with Crippen molar-refractivity contribution in [2.45, 2.75) is 52.6 Å². The highest BCUT2D eigenvalue weighted by molar-refractivity contribution is 5.80. The van der Waals surface area contributed by atoms with Gasteiger partial charge in [-0.1, -0.05) is 13.0 Å². The molecule has 5 heteroatoms. The van der Waals surface area contributed by atoms with Crippen molar-refractivity contribution in [3.05, 3.63) is 23.9 Å². The molecule has 1 atom stereocenters. The molecule has 122 valence electrons. The zero-order valence-corrected chi connectivity index (χ0v) is 14.1. The third-order valence-electron chi connectivity index (χ3n) is 4.00. The number of nitrogens with zero attached hydrogens (tertiary/aromatic N) is 3. The summed E-state index contributed by atoms with van der Waals surface area (Å²) >= 11 is 0. The summed E-state index contributed by atoms with van der Waals surface area (Å²) in [4.78, 5) is 11.6. The Labute approximate surface area is 134 Å². The molecule has 1 saturated heterocycles. The van der Waals surface area contributed by atoms with Crippen molar-refractivity contribution in [1.29, 1.82) is 0 Å². The van der Waals surface area contributed by atoms with Crippen LogP contribution in [0, 0.1) is 0 Å². The number of aliphatic imine (C=N–C) groups is 1. The summed E-state index contributed by atoms with van der Waals surface area (Å²) in [6.07, 6.45) is 5.59. The number of hydrogen-bond donors (Lipinski definition) is 2. The molecule has 1 unspecified atom stereocenters. The fourth-order valence-electron chi connectivity index (χ4n) is 2.47. The maximum atomic E-state index is 4.64. The molecule has 22 heavy (non-hydrogen) atoms. The Morgan fingerprint density at radius 3 is 2.68 bits per heavy atom. The summed E-state index contributed by atoms with van der Waals surface area (Å²) in [5.41, 5.74) is 1.14. The molecule has 2 rings (SSSR count). The highest BCUT2D eigenvalue weighted by Crippen LogP contribution is 2.17. The van der Waals surface area contributed by atoms with Gasteiger partial charge in [0.15, 0.2) is 5.96 Å². The first kappa shape index (κ1) is 16.6. The van der Waals surface area contributed by atoms with Gasteiger partial charge >= 0.3 is 0 Å². The highest BCUT2D eigenvalue weighted by atomic mass is 15.2. The molecule has 0 amide bonds. The van der Waals surface area contributed by atoms with Crippen LogP contribution in [-0.2, 0) is 6.54 Å². The molecule has 1 aliphatic rings. The van der Waals surface area contributed by atoms with E-state index >= 15 is 0 Å². The maximum Gasteiger partial charge on any atom is 0.191 e. The van der Waals surface area contributed by atoms with Crippen LogP contribution in [0.3, 0.4) is 0 Å². The van der Waals surface area contributed by atoms with Crippen molar-refractivity contribution < 1.29 is 0 Å². The van der Waals surface area contributed by atoms with Crippen molar-refractivity contribution in [2.75, 3.05) is 24.5 Å². The molecule has 2 N–H and O–H groups in total. The molecule has 0 saturated carbocycles. The van der Waals surface area contributed by atoms with Gasteiger partial charge in [-0.05, 0) is 44.7 Å². The summed E-state index contributed by atoms with van der Waals surface area (Å²) in [7, 11) is 0. The number of aromatic nitrogens is 1. The lowest BCUT2D eigenvalue weighted by Crippen LogP contribution is -2.41. The van der Waals surface area contributed by atoms with Gasteiger partial charge in [-0.15, -0.1) is 0 Å². The SMILES string of the molecule is CCNC(=NCc1ccc(N2CCCC2)nc1)NC(C)CC. The Bertz CT molecular complexity index is 462. The standard InChI is InChI=1S/C17H29N5/c1-4-14(3)21-17(18-5-2)20-13-15-8-9-16(19-12-15)22-10-6-7-11-22/h8-9,12,14H,4-7,10-11,13H2,1-3H3,(H2,18,20,21). The summed E-state index contributed by atoms with van der Waals surface area (Å²) in [6.45, 7) is 10.2. The zero-order valence-electron chi connectivity index (χ0n) is 14.1. The van der Waals surface area contributed by atoms with Crippen LogP contribution in [0.25, 0.3) is 0 Å². The van der Waals surface area contributed by atoms with Gasteiger partial charge in [0.2, 0.25) is 0 Å². The van der Waals surface area contributed by atoms with Crippen LogP contribution in [0.2, 0.25) is 0 Å². The predicted molar refractivity (Wildman–Crippen MR) is 93.4 cm³/mol. The Morgan fingerprint density at radius 2 is 2.09 bits per heavy atom. The van der Waals surface area contributed by atoms with Crippen LogP contribution in [0.1, 0.15) is 45.6 Å². The summed E-state index contributed by atoms with van der Waals surface area (Å²) in [5.74, 6) is 1.97.